The summed E-state index contributed by atoms with van der Waals surface area (Å²) in [4.78, 5) is 15.1. The third-order valence-electron chi connectivity index (χ3n) is 2.59. The van der Waals surface area contributed by atoms with Crippen LogP contribution in [-0.4, -0.2) is 27.8 Å². The molecular weight excluding hydrogens is 326 g/mol. The second-order valence-corrected chi connectivity index (χ2v) is 4.95. The molecule has 6 heteroatoms. The highest BCUT2D eigenvalue weighted by Gasteiger charge is 2.14. The quantitative estimate of drug-likeness (QED) is 0.876. The molecule has 0 saturated carbocycles. The summed E-state index contributed by atoms with van der Waals surface area (Å²) >= 11 is 3.17. The number of carboxylic acid groups (broad SMARTS) is 1. The Labute approximate surface area is 124 Å². The minimum absolute atomic E-state index is 0.0150. The van der Waals surface area contributed by atoms with Crippen molar-refractivity contribution in [2.24, 2.45) is 0 Å². The van der Waals surface area contributed by atoms with E-state index in [1.165, 1.54) is 12.3 Å². The first-order chi connectivity index (χ1) is 9.60. The maximum Gasteiger partial charge on any atom is 0.341 e. The molecule has 1 aromatic carbocycles. The third-order valence-corrected chi connectivity index (χ3v) is 3.02. The van der Waals surface area contributed by atoms with Gasteiger partial charge in [0.2, 0.25) is 5.88 Å². The average molecular weight is 338 g/mol. The Morgan fingerprint density at radius 3 is 2.60 bits per heavy atom. The molecule has 2 N–H and O–H groups in total. The molecule has 2 aromatic rings. The lowest BCUT2D eigenvalue weighted by atomic mass is 10.1. The monoisotopic (exact) mass is 337 g/mol. The highest BCUT2D eigenvalue weighted by Crippen LogP contribution is 2.25. The Morgan fingerprint density at radius 1 is 1.30 bits per heavy atom. The second kappa shape index (κ2) is 6.49. The third kappa shape index (κ3) is 3.55. The van der Waals surface area contributed by atoms with Gasteiger partial charge in [-0.15, -0.1) is 0 Å². The van der Waals surface area contributed by atoms with E-state index in [4.69, 9.17) is 14.9 Å². The van der Waals surface area contributed by atoms with Crippen LogP contribution < -0.4 is 4.74 Å². The van der Waals surface area contributed by atoms with Gasteiger partial charge in [-0.3, -0.25) is 0 Å². The normalized spacial score (nSPS) is 10.3. The Bertz CT molecular complexity index is 613. The van der Waals surface area contributed by atoms with Crippen LogP contribution in [0.15, 0.2) is 41.0 Å². The molecule has 0 aliphatic heterocycles. The highest BCUT2D eigenvalue weighted by atomic mass is 79.9. The zero-order valence-electron chi connectivity index (χ0n) is 10.4. The minimum Gasteiger partial charge on any atom is -0.477 e. The molecule has 0 radical (unpaired) electrons. The van der Waals surface area contributed by atoms with Gasteiger partial charge in [0.05, 0.1) is 0 Å². The SMILES string of the molecule is O=C(O)c1cc(Br)cnc1Oc1ccc(CCO)cc1. The fraction of sp³-hybridized carbons (Fsp3) is 0.143. The summed E-state index contributed by atoms with van der Waals surface area (Å²) in [7, 11) is 0. The lowest BCUT2D eigenvalue weighted by molar-refractivity contribution is 0.0693. The van der Waals surface area contributed by atoms with Crippen molar-refractivity contribution < 1.29 is 19.7 Å². The van der Waals surface area contributed by atoms with E-state index in [1.54, 1.807) is 12.1 Å². The first kappa shape index (κ1) is 14.5. The Kier molecular flexibility index (Phi) is 4.70. The molecule has 0 spiro atoms. The summed E-state index contributed by atoms with van der Waals surface area (Å²) in [6.45, 7) is 0.0810. The van der Waals surface area contributed by atoms with Gasteiger partial charge in [-0.2, -0.15) is 0 Å². The van der Waals surface area contributed by atoms with Crippen LogP contribution in [0.4, 0.5) is 0 Å². The zero-order valence-corrected chi connectivity index (χ0v) is 12.0. The molecule has 1 aromatic heterocycles. The number of nitrogens with zero attached hydrogens (tertiary/aromatic N) is 1. The molecular formula is C14H12BrNO4. The van der Waals surface area contributed by atoms with E-state index in [2.05, 4.69) is 20.9 Å². The number of aliphatic hydroxyl groups excluding tert-OH is 1. The number of halogens is 1. The number of hydrogen-bond acceptors (Lipinski definition) is 4. The van der Waals surface area contributed by atoms with Crippen LogP contribution in [0.1, 0.15) is 15.9 Å². The van der Waals surface area contributed by atoms with Crippen molar-refractivity contribution in [2.75, 3.05) is 6.61 Å². The van der Waals surface area contributed by atoms with Crippen LogP contribution in [0, 0.1) is 0 Å². The van der Waals surface area contributed by atoms with E-state index in [1.807, 2.05) is 12.1 Å². The summed E-state index contributed by atoms with van der Waals surface area (Å²) in [6, 6.07) is 8.47. The van der Waals surface area contributed by atoms with Gasteiger partial charge in [-0.1, -0.05) is 12.1 Å². The van der Waals surface area contributed by atoms with E-state index >= 15 is 0 Å². The van der Waals surface area contributed by atoms with Crippen molar-refractivity contribution in [3.8, 4) is 11.6 Å². The molecule has 2 rings (SSSR count). The molecule has 0 atom stereocenters. The molecule has 0 bridgehead atoms. The molecule has 0 amide bonds. The van der Waals surface area contributed by atoms with E-state index in [0.717, 1.165) is 5.56 Å². The number of pyridine rings is 1. The van der Waals surface area contributed by atoms with E-state index in [0.29, 0.717) is 16.6 Å². The van der Waals surface area contributed by atoms with Crippen LogP contribution in [0.3, 0.4) is 0 Å². The van der Waals surface area contributed by atoms with Crippen molar-refractivity contribution in [2.45, 2.75) is 6.42 Å². The first-order valence-electron chi connectivity index (χ1n) is 5.86. The van der Waals surface area contributed by atoms with E-state index in [9.17, 15) is 4.79 Å². The van der Waals surface area contributed by atoms with Crippen LogP contribution in [0.25, 0.3) is 0 Å². The zero-order chi connectivity index (χ0) is 14.5. The molecule has 0 aliphatic carbocycles. The smallest absolute Gasteiger partial charge is 0.341 e. The number of aromatic nitrogens is 1. The number of carbonyl (C=O) groups is 1. The number of ether oxygens (including phenoxy) is 1. The average Bonchev–Trinajstić information content (AvgIpc) is 2.43. The fourth-order valence-corrected chi connectivity index (χ4v) is 1.96. The molecule has 0 saturated heterocycles. The van der Waals surface area contributed by atoms with Gasteiger partial charge in [-0.25, -0.2) is 9.78 Å². The summed E-state index contributed by atoms with van der Waals surface area (Å²) in [5.41, 5.74) is 0.959. The fourth-order valence-electron chi connectivity index (χ4n) is 1.63. The summed E-state index contributed by atoms with van der Waals surface area (Å²) < 4.78 is 6.05. The lowest BCUT2D eigenvalue weighted by Crippen LogP contribution is -2.02. The molecule has 104 valence electrons. The van der Waals surface area contributed by atoms with Crippen molar-refractivity contribution >= 4 is 21.9 Å². The molecule has 1 heterocycles. The van der Waals surface area contributed by atoms with E-state index in [-0.39, 0.29) is 18.1 Å². The van der Waals surface area contributed by atoms with Gasteiger partial charge in [0.15, 0.2) is 0 Å². The number of aromatic carboxylic acids is 1. The van der Waals surface area contributed by atoms with Gasteiger partial charge in [0, 0.05) is 17.3 Å². The number of aliphatic hydroxyl groups is 1. The van der Waals surface area contributed by atoms with Crippen molar-refractivity contribution in [1.82, 2.24) is 4.98 Å². The Morgan fingerprint density at radius 2 is 2.00 bits per heavy atom. The molecule has 0 aliphatic rings. The predicted octanol–water partition coefficient (Wildman–Crippen LogP) is 2.87. The van der Waals surface area contributed by atoms with Crippen LogP contribution >= 0.6 is 15.9 Å². The molecule has 20 heavy (non-hydrogen) atoms. The first-order valence-corrected chi connectivity index (χ1v) is 6.66. The second-order valence-electron chi connectivity index (χ2n) is 4.03. The summed E-state index contributed by atoms with van der Waals surface area (Å²) in [5.74, 6) is -0.578. The molecule has 0 fully saturated rings. The van der Waals surface area contributed by atoms with Gasteiger partial charge in [0.25, 0.3) is 0 Å². The summed E-state index contributed by atoms with van der Waals surface area (Å²) in [6.07, 6.45) is 2.04. The number of benzene rings is 1. The maximum atomic E-state index is 11.1. The predicted molar refractivity (Wildman–Crippen MR) is 76.2 cm³/mol. The number of rotatable bonds is 5. The van der Waals surface area contributed by atoms with Gasteiger partial charge >= 0.3 is 5.97 Å². The topological polar surface area (TPSA) is 79.7 Å². The van der Waals surface area contributed by atoms with Crippen LogP contribution in [0.2, 0.25) is 0 Å². The van der Waals surface area contributed by atoms with Crippen molar-refractivity contribution in [3.63, 3.8) is 0 Å². The Balaban J connectivity index is 2.23. The largest absolute Gasteiger partial charge is 0.477 e. The molecule has 5 nitrogen and oxygen atoms in total. The van der Waals surface area contributed by atoms with Crippen LogP contribution in [0.5, 0.6) is 11.6 Å². The summed E-state index contributed by atoms with van der Waals surface area (Å²) in [5, 5.41) is 18.0. The van der Waals surface area contributed by atoms with Gasteiger partial charge < -0.3 is 14.9 Å². The maximum absolute atomic E-state index is 11.1. The lowest BCUT2D eigenvalue weighted by Gasteiger charge is -2.08. The minimum atomic E-state index is -1.11. The van der Waals surface area contributed by atoms with Gasteiger partial charge in [0.1, 0.15) is 11.3 Å². The number of hydrogen-bond donors (Lipinski definition) is 2. The van der Waals surface area contributed by atoms with Gasteiger partial charge in [-0.05, 0) is 46.1 Å². The standard InChI is InChI=1S/C14H12BrNO4/c15-10-7-12(14(18)19)13(16-8-10)20-11-3-1-9(2-4-11)5-6-17/h1-4,7-8,17H,5-6H2,(H,18,19). The van der Waals surface area contributed by atoms with Crippen LogP contribution in [-0.2, 0) is 6.42 Å². The van der Waals surface area contributed by atoms with Crippen molar-refractivity contribution in [3.05, 3.63) is 52.1 Å². The number of carboxylic acids is 1. The van der Waals surface area contributed by atoms with E-state index < -0.39 is 5.97 Å². The van der Waals surface area contributed by atoms with Crippen molar-refractivity contribution in [1.29, 1.82) is 0 Å². The highest BCUT2D eigenvalue weighted by molar-refractivity contribution is 9.10. The molecule has 0 unspecified atom stereocenters. The Hall–Kier alpha value is -1.92.